The number of amides is 1. The van der Waals surface area contributed by atoms with Crippen molar-refractivity contribution in [2.45, 2.75) is 31.0 Å². The number of halogens is 1. The van der Waals surface area contributed by atoms with Crippen LogP contribution in [0.15, 0.2) is 47.6 Å². The van der Waals surface area contributed by atoms with Crippen LogP contribution in [0.2, 0.25) is 0 Å². The zero-order valence-corrected chi connectivity index (χ0v) is 19.4. The summed E-state index contributed by atoms with van der Waals surface area (Å²) in [5, 5.41) is 12.3. The predicted molar refractivity (Wildman–Crippen MR) is 127 cm³/mol. The number of carbonyl (C=O) groups excluding carboxylic acids is 1. The second-order valence-electron chi connectivity index (χ2n) is 7.82. The van der Waals surface area contributed by atoms with E-state index in [9.17, 15) is 9.18 Å². The van der Waals surface area contributed by atoms with E-state index < -0.39 is 0 Å². The number of likely N-dealkylation sites (tertiary alicyclic amines) is 1. The van der Waals surface area contributed by atoms with Gasteiger partial charge in [0.15, 0.2) is 11.0 Å². The monoisotopic (exact) mass is 483 g/mol. The topological polar surface area (TPSA) is 88.8 Å². The molecular weight excluding hydrogens is 461 g/mol. The van der Waals surface area contributed by atoms with Gasteiger partial charge < -0.3 is 5.32 Å². The Bertz CT molecular complexity index is 1250. The molecule has 170 valence electrons. The predicted octanol–water partition coefficient (Wildman–Crippen LogP) is 4.13. The molecule has 0 radical (unpaired) electrons. The van der Waals surface area contributed by atoms with Crippen LogP contribution in [0.4, 0.5) is 10.1 Å². The number of anilines is 1. The van der Waals surface area contributed by atoms with Crippen LogP contribution in [0, 0.1) is 5.82 Å². The Kier molecular flexibility index (Phi) is 6.60. The van der Waals surface area contributed by atoms with E-state index in [-0.39, 0.29) is 17.5 Å². The van der Waals surface area contributed by atoms with Gasteiger partial charge in [0.2, 0.25) is 5.91 Å². The third-order valence-corrected chi connectivity index (χ3v) is 6.96. The molecular formula is C22H22FN7OS2. The second-order valence-corrected chi connectivity index (χ2v) is 9.29. The first-order valence-electron chi connectivity index (χ1n) is 10.7. The molecule has 2 aromatic carbocycles. The number of aromatic nitrogens is 5. The summed E-state index contributed by atoms with van der Waals surface area (Å²) in [6.45, 7) is 2.71. The van der Waals surface area contributed by atoms with Crippen molar-refractivity contribution in [2.75, 3.05) is 24.2 Å². The molecule has 0 aliphatic carbocycles. The van der Waals surface area contributed by atoms with E-state index in [2.05, 4.69) is 29.2 Å². The Balaban J connectivity index is 1.34. The Morgan fingerprint density at radius 2 is 1.88 bits per heavy atom. The van der Waals surface area contributed by atoms with E-state index in [1.165, 1.54) is 43.2 Å². The summed E-state index contributed by atoms with van der Waals surface area (Å²) in [4.78, 5) is 15.0. The summed E-state index contributed by atoms with van der Waals surface area (Å²) in [6, 6.07) is 11.8. The van der Waals surface area contributed by atoms with Gasteiger partial charge in [-0.15, -0.1) is 10.2 Å². The molecule has 0 spiro atoms. The molecule has 3 heterocycles. The summed E-state index contributed by atoms with van der Waals surface area (Å²) >= 11 is 2.41. The molecule has 1 aliphatic rings. The van der Waals surface area contributed by atoms with Gasteiger partial charge in [0.25, 0.3) is 0 Å². The normalized spacial score (nSPS) is 14.6. The summed E-state index contributed by atoms with van der Waals surface area (Å²) in [5.74, 6) is 0.456. The molecule has 0 saturated carbocycles. The number of nitrogens with zero attached hydrogens (tertiary/aromatic N) is 6. The SMILES string of the molecule is O=C(CSc1nnc(CN2CCCCC2)n1-c1ccc(F)cc1)Nc1cccc2nsnc12. The molecule has 4 aromatic rings. The van der Waals surface area contributed by atoms with Gasteiger partial charge in [0, 0.05) is 5.69 Å². The molecule has 1 N–H and O–H groups in total. The molecule has 0 bridgehead atoms. The molecule has 8 nitrogen and oxygen atoms in total. The zero-order valence-electron chi connectivity index (χ0n) is 17.8. The highest BCUT2D eigenvalue weighted by molar-refractivity contribution is 7.99. The van der Waals surface area contributed by atoms with Crippen molar-refractivity contribution >= 4 is 46.1 Å². The van der Waals surface area contributed by atoms with Gasteiger partial charge in [-0.05, 0) is 62.3 Å². The van der Waals surface area contributed by atoms with Crippen LogP contribution >= 0.6 is 23.5 Å². The summed E-state index contributed by atoms with van der Waals surface area (Å²) in [5.41, 5.74) is 2.84. The lowest BCUT2D eigenvalue weighted by Crippen LogP contribution is -2.30. The molecule has 1 aliphatic heterocycles. The van der Waals surface area contributed by atoms with E-state index in [0.29, 0.717) is 22.9 Å². The summed E-state index contributed by atoms with van der Waals surface area (Å²) < 4.78 is 23.9. The van der Waals surface area contributed by atoms with Crippen molar-refractivity contribution < 1.29 is 9.18 Å². The minimum absolute atomic E-state index is 0.150. The number of piperidine rings is 1. The first-order chi connectivity index (χ1) is 16.2. The number of nitrogens with one attached hydrogen (secondary N) is 1. The number of fused-ring (bicyclic) bond motifs is 1. The van der Waals surface area contributed by atoms with E-state index in [1.807, 2.05) is 22.8 Å². The average molecular weight is 484 g/mol. The first kappa shape index (κ1) is 21.9. The number of hydrogen-bond acceptors (Lipinski definition) is 8. The fourth-order valence-corrected chi connectivity index (χ4v) is 5.21. The lowest BCUT2D eigenvalue weighted by atomic mass is 10.1. The molecule has 5 rings (SSSR count). The van der Waals surface area contributed by atoms with Crippen LogP contribution in [0.1, 0.15) is 25.1 Å². The molecule has 1 fully saturated rings. The lowest BCUT2D eigenvalue weighted by molar-refractivity contribution is -0.113. The van der Waals surface area contributed by atoms with Crippen LogP contribution < -0.4 is 5.32 Å². The first-order valence-corrected chi connectivity index (χ1v) is 12.5. The minimum atomic E-state index is -0.302. The van der Waals surface area contributed by atoms with Gasteiger partial charge in [-0.25, -0.2) is 4.39 Å². The van der Waals surface area contributed by atoms with Crippen molar-refractivity contribution in [2.24, 2.45) is 0 Å². The highest BCUT2D eigenvalue weighted by Crippen LogP contribution is 2.25. The second kappa shape index (κ2) is 9.94. The Morgan fingerprint density at radius 3 is 2.70 bits per heavy atom. The van der Waals surface area contributed by atoms with Gasteiger partial charge in [-0.1, -0.05) is 24.2 Å². The number of benzene rings is 2. The Hall–Kier alpha value is -2.89. The molecule has 1 amide bonds. The zero-order chi connectivity index (χ0) is 22.6. The van der Waals surface area contributed by atoms with Gasteiger partial charge in [-0.3, -0.25) is 14.3 Å². The highest BCUT2D eigenvalue weighted by atomic mass is 32.2. The Morgan fingerprint density at radius 1 is 1.06 bits per heavy atom. The van der Waals surface area contributed by atoms with Crippen LogP contribution in [-0.2, 0) is 11.3 Å². The number of rotatable bonds is 7. The molecule has 1 saturated heterocycles. The van der Waals surface area contributed by atoms with Gasteiger partial charge in [0.1, 0.15) is 16.9 Å². The summed E-state index contributed by atoms with van der Waals surface area (Å²) in [6.07, 6.45) is 3.60. The van der Waals surface area contributed by atoms with Gasteiger partial charge >= 0.3 is 0 Å². The third-order valence-electron chi connectivity index (χ3n) is 5.49. The van der Waals surface area contributed by atoms with Gasteiger partial charge in [0.05, 0.1) is 29.7 Å². The van der Waals surface area contributed by atoms with Crippen LogP contribution in [-0.4, -0.2) is 53.2 Å². The van der Waals surface area contributed by atoms with Crippen molar-refractivity contribution in [1.82, 2.24) is 28.4 Å². The quantitative estimate of drug-likeness (QED) is 0.396. The molecule has 11 heteroatoms. The highest BCUT2D eigenvalue weighted by Gasteiger charge is 2.20. The van der Waals surface area contributed by atoms with E-state index in [1.54, 1.807) is 12.1 Å². The van der Waals surface area contributed by atoms with Gasteiger partial charge in [-0.2, -0.15) is 8.75 Å². The minimum Gasteiger partial charge on any atom is -0.323 e. The van der Waals surface area contributed by atoms with Crippen LogP contribution in [0.5, 0.6) is 0 Å². The lowest BCUT2D eigenvalue weighted by Gasteiger charge is -2.26. The van der Waals surface area contributed by atoms with Crippen molar-refractivity contribution in [3.8, 4) is 5.69 Å². The molecule has 0 unspecified atom stereocenters. The number of hydrogen-bond donors (Lipinski definition) is 1. The van der Waals surface area contributed by atoms with Crippen LogP contribution in [0.25, 0.3) is 16.7 Å². The summed E-state index contributed by atoms with van der Waals surface area (Å²) in [7, 11) is 0. The largest absolute Gasteiger partial charge is 0.323 e. The molecule has 2 aromatic heterocycles. The molecule has 33 heavy (non-hydrogen) atoms. The van der Waals surface area contributed by atoms with Crippen molar-refractivity contribution in [1.29, 1.82) is 0 Å². The maximum absolute atomic E-state index is 13.5. The standard InChI is InChI=1S/C22H22FN7OS2/c23-15-7-9-16(10-8-15)30-19(13-29-11-2-1-3-12-29)25-26-22(30)32-14-20(31)24-17-5-4-6-18-21(17)28-33-27-18/h4-10H,1-3,11-14H2,(H,24,31). The fourth-order valence-electron chi connectivity index (χ4n) is 3.89. The smallest absolute Gasteiger partial charge is 0.234 e. The van der Waals surface area contributed by atoms with Crippen molar-refractivity contribution in [3.63, 3.8) is 0 Å². The Labute approximate surface area is 198 Å². The maximum Gasteiger partial charge on any atom is 0.234 e. The van der Waals surface area contributed by atoms with E-state index >= 15 is 0 Å². The third kappa shape index (κ3) is 5.05. The van der Waals surface area contributed by atoms with E-state index in [4.69, 9.17) is 0 Å². The average Bonchev–Trinajstić information content (AvgIpc) is 3.47. The number of thioether (sulfide) groups is 1. The molecule has 0 atom stereocenters. The van der Waals surface area contributed by atoms with Crippen molar-refractivity contribution in [3.05, 3.63) is 54.1 Å². The number of carbonyl (C=O) groups is 1. The van der Waals surface area contributed by atoms with E-state index in [0.717, 1.165) is 41.8 Å². The fraction of sp³-hybridized carbons (Fsp3) is 0.318. The maximum atomic E-state index is 13.5. The van der Waals surface area contributed by atoms with Crippen LogP contribution in [0.3, 0.4) is 0 Å².